The van der Waals surface area contributed by atoms with Gasteiger partial charge in [-0.3, -0.25) is 0 Å². The quantitative estimate of drug-likeness (QED) is 0.687. The van der Waals surface area contributed by atoms with Crippen LogP contribution in [-0.4, -0.2) is 11.9 Å². The fraction of sp³-hybridized carbons (Fsp3) is 0.222. The van der Waals surface area contributed by atoms with Gasteiger partial charge in [0.2, 0.25) is 0 Å². The van der Waals surface area contributed by atoms with Crippen molar-refractivity contribution in [1.82, 2.24) is 0 Å². The SMILES string of the molecule is NCCc1ccccc1C=S. The zero-order valence-electron chi connectivity index (χ0n) is 6.29. The molecule has 58 valence electrons. The first-order chi connectivity index (χ1) is 5.38. The normalized spacial score (nSPS) is 9.55. The highest BCUT2D eigenvalue weighted by Crippen LogP contribution is 2.05. The summed E-state index contributed by atoms with van der Waals surface area (Å²) in [5.74, 6) is 0. The van der Waals surface area contributed by atoms with E-state index in [0.29, 0.717) is 6.54 Å². The molecule has 1 rings (SSSR count). The Labute approximate surface area is 72.2 Å². The Bertz CT molecular complexity index is 245. The largest absolute Gasteiger partial charge is 0.330 e. The lowest BCUT2D eigenvalue weighted by Crippen LogP contribution is -2.04. The van der Waals surface area contributed by atoms with Crippen LogP contribution in [0.15, 0.2) is 24.3 Å². The molecule has 11 heavy (non-hydrogen) atoms. The summed E-state index contributed by atoms with van der Waals surface area (Å²) in [6.07, 6.45) is 0.906. The van der Waals surface area contributed by atoms with Crippen molar-refractivity contribution in [1.29, 1.82) is 0 Å². The van der Waals surface area contributed by atoms with E-state index in [1.807, 2.05) is 18.2 Å². The molecular weight excluding hydrogens is 154 g/mol. The second kappa shape index (κ2) is 4.21. The maximum atomic E-state index is 5.44. The third-order valence-electron chi connectivity index (χ3n) is 1.60. The van der Waals surface area contributed by atoms with Gasteiger partial charge in [0.05, 0.1) is 0 Å². The first-order valence-electron chi connectivity index (χ1n) is 3.61. The van der Waals surface area contributed by atoms with Crippen LogP contribution in [0.2, 0.25) is 0 Å². The van der Waals surface area contributed by atoms with Crippen LogP contribution in [0.4, 0.5) is 0 Å². The van der Waals surface area contributed by atoms with E-state index in [9.17, 15) is 0 Å². The summed E-state index contributed by atoms with van der Waals surface area (Å²) in [4.78, 5) is 0. The zero-order chi connectivity index (χ0) is 8.10. The minimum absolute atomic E-state index is 0.681. The number of thiocarbonyl (C=S) groups is 1. The third kappa shape index (κ3) is 2.10. The van der Waals surface area contributed by atoms with E-state index in [1.54, 1.807) is 5.37 Å². The Morgan fingerprint density at radius 3 is 2.73 bits per heavy atom. The highest BCUT2D eigenvalue weighted by atomic mass is 32.1. The van der Waals surface area contributed by atoms with Crippen molar-refractivity contribution in [2.45, 2.75) is 6.42 Å². The van der Waals surface area contributed by atoms with Gasteiger partial charge in [-0.25, -0.2) is 0 Å². The molecule has 0 aliphatic heterocycles. The van der Waals surface area contributed by atoms with Crippen LogP contribution in [0.5, 0.6) is 0 Å². The van der Waals surface area contributed by atoms with E-state index in [-0.39, 0.29) is 0 Å². The Kier molecular flexibility index (Phi) is 3.20. The average molecular weight is 165 g/mol. The Balaban J connectivity index is 2.92. The number of hydrogen-bond donors (Lipinski definition) is 1. The van der Waals surface area contributed by atoms with Crippen LogP contribution in [0.25, 0.3) is 0 Å². The second-order valence-electron chi connectivity index (χ2n) is 2.36. The summed E-state index contributed by atoms with van der Waals surface area (Å²) in [6, 6.07) is 8.06. The van der Waals surface area contributed by atoms with Crippen LogP contribution in [0.1, 0.15) is 11.1 Å². The van der Waals surface area contributed by atoms with E-state index < -0.39 is 0 Å². The molecule has 0 aromatic heterocycles. The number of rotatable bonds is 3. The van der Waals surface area contributed by atoms with Crippen molar-refractivity contribution < 1.29 is 0 Å². The van der Waals surface area contributed by atoms with Crippen molar-refractivity contribution in [2.24, 2.45) is 5.73 Å². The summed E-state index contributed by atoms with van der Waals surface area (Å²) in [5, 5.41) is 1.70. The van der Waals surface area contributed by atoms with E-state index in [2.05, 4.69) is 6.07 Å². The first-order valence-corrected chi connectivity index (χ1v) is 4.08. The third-order valence-corrected chi connectivity index (χ3v) is 1.85. The molecule has 0 saturated carbocycles. The topological polar surface area (TPSA) is 26.0 Å². The summed E-state index contributed by atoms with van der Waals surface area (Å²) in [6.45, 7) is 0.681. The molecule has 1 aromatic carbocycles. The molecule has 0 radical (unpaired) electrons. The Morgan fingerprint density at radius 2 is 2.09 bits per heavy atom. The fourth-order valence-corrected chi connectivity index (χ4v) is 1.26. The predicted octanol–water partition coefficient (Wildman–Crippen LogP) is 1.54. The molecule has 1 nitrogen and oxygen atoms in total. The molecule has 0 atom stereocenters. The minimum atomic E-state index is 0.681. The van der Waals surface area contributed by atoms with Gasteiger partial charge in [-0.05, 0) is 24.1 Å². The van der Waals surface area contributed by atoms with Crippen molar-refractivity contribution >= 4 is 17.6 Å². The van der Waals surface area contributed by atoms with Crippen molar-refractivity contribution in [3.63, 3.8) is 0 Å². The van der Waals surface area contributed by atoms with E-state index in [1.165, 1.54) is 5.56 Å². The number of benzene rings is 1. The highest BCUT2D eigenvalue weighted by molar-refractivity contribution is 7.79. The number of nitrogens with two attached hydrogens (primary N) is 1. The lowest BCUT2D eigenvalue weighted by Gasteiger charge is -2.01. The van der Waals surface area contributed by atoms with E-state index >= 15 is 0 Å². The van der Waals surface area contributed by atoms with Crippen LogP contribution in [0.3, 0.4) is 0 Å². The smallest absolute Gasteiger partial charge is 0.00888 e. The standard InChI is InChI=1S/C9H11NS/c10-6-5-8-3-1-2-4-9(8)7-11/h1-4,7H,5-6,10H2. The second-order valence-corrected chi connectivity index (χ2v) is 2.59. The van der Waals surface area contributed by atoms with Gasteiger partial charge in [-0.1, -0.05) is 36.5 Å². The molecule has 2 N–H and O–H groups in total. The zero-order valence-corrected chi connectivity index (χ0v) is 7.10. The molecule has 0 saturated heterocycles. The summed E-state index contributed by atoms with van der Waals surface area (Å²) >= 11 is 4.85. The Morgan fingerprint density at radius 1 is 1.36 bits per heavy atom. The van der Waals surface area contributed by atoms with E-state index in [0.717, 1.165) is 12.0 Å². The Hall–Kier alpha value is -0.730. The van der Waals surface area contributed by atoms with Gasteiger partial charge in [0.25, 0.3) is 0 Å². The van der Waals surface area contributed by atoms with Gasteiger partial charge in [0.1, 0.15) is 0 Å². The molecule has 0 amide bonds. The van der Waals surface area contributed by atoms with Crippen LogP contribution >= 0.6 is 12.2 Å². The number of hydrogen-bond acceptors (Lipinski definition) is 2. The molecule has 0 bridgehead atoms. The van der Waals surface area contributed by atoms with Crippen LogP contribution in [0, 0.1) is 0 Å². The molecule has 0 unspecified atom stereocenters. The maximum absolute atomic E-state index is 5.44. The molecule has 0 aliphatic carbocycles. The molecular formula is C9H11NS. The van der Waals surface area contributed by atoms with Crippen molar-refractivity contribution in [3.05, 3.63) is 35.4 Å². The maximum Gasteiger partial charge on any atom is 0.00888 e. The average Bonchev–Trinajstić information content (AvgIpc) is 2.06. The van der Waals surface area contributed by atoms with E-state index in [4.69, 9.17) is 18.0 Å². The summed E-state index contributed by atoms with van der Waals surface area (Å²) in [5.41, 5.74) is 7.80. The molecule has 0 fully saturated rings. The lowest BCUT2D eigenvalue weighted by atomic mass is 10.1. The molecule has 0 spiro atoms. The highest BCUT2D eigenvalue weighted by Gasteiger charge is 1.95. The molecule has 2 heteroatoms. The lowest BCUT2D eigenvalue weighted by molar-refractivity contribution is 0.967. The van der Waals surface area contributed by atoms with Gasteiger partial charge in [-0.15, -0.1) is 0 Å². The van der Waals surface area contributed by atoms with Crippen molar-refractivity contribution in [3.8, 4) is 0 Å². The first kappa shape index (κ1) is 8.37. The predicted molar refractivity (Wildman–Crippen MR) is 52.0 cm³/mol. The summed E-state index contributed by atoms with van der Waals surface area (Å²) < 4.78 is 0. The van der Waals surface area contributed by atoms with Gasteiger partial charge >= 0.3 is 0 Å². The van der Waals surface area contributed by atoms with Gasteiger partial charge in [-0.2, -0.15) is 0 Å². The van der Waals surface area contributed by atoms with Gasteiger partial charge < -0.3 is 5.73 Å². The van der Waals surface area contributed by atoms with Crippen LogP contribution < -0.4 is 5.73 Å². The van der Waals surface area contributed by atoms with Gasteiger partial charge in [0, 0.05) is 5.37 Å². The monoisotopic (exact) mass is 165 g/mol. The van der Waals surface area contributed by atoms with Crippen molar-refractivity contribution in [2.75, 3.05) is 6.54 Å². The molecule has 0 aliphatic rings. The van der Waals surface area contributed by atoms with Crippen LogP contribution in [-0.2, 0) is 6.42 Å². The summed E-state index contributed by atoms with van der Waals surface area (Å²) in [7, 11) is 0. The molecule has 0 heterocycles. The van der Waals surface area contributed by atoms with Gasteiger partial charge in [0.15, 0.2) is 0 Å². The molecule has 1 aromatic rings. The minimum Gasteiger partial charge on any atom is -0.330 e. The fourth-order valence-electron chi connectivity index (χ4n) is 1.03.